The first-order valence-electron chi connectivity index (χ1n) is 9.33. The van der Waals surface area contributed by atoms with Gasteiger partial charge in [-0.3, -0.25) is 4.79 Å². The van der Waals surface area contributed by atoms with E-state index in [-0.39, 0.29) is 36.5 Å². The number of piperidine rings is 1. The predicted octanol–water partition coefficient (Wildman–Crippen LogP) is 2.77. The molecule has 1 heterocycles. The molecule has 6 nitrogen and oxygen atoms in total. The number of halogens is 1. The zero-order valence-electron chi connectivity index (χ0n) is 16.6. The Morgan fingerprint density at radius 2 is 1.88 bits per heavy atom. The molecule has 0 aromatic rings. The van der Waals surface area contributed by atoms with Crippen molar-refractivity contribution in [2.24, 2.45) is 4.99 Å². The molecule has 1 fully saturated rings. The molecule has 1 rings (SSSR count). The Morgan fingerprint density at radius 3 is 2.40 bits per heavy atom. The Morgan fingerprint density at radius 1 is 1.24 bits per heavy atom. The molecule has 2 N–H and O–H groups in total. The van der Waals surface area contributed by atoms with E-state index in [2.05, 4.69) is 27.4 Å². The predicted molar refractivity (Wildman–Crippen MR) is 115 cm³/mol. The number of unbranched alkanes of at least 4 members (excludes halogenated alkanes) is 1. The molecule has 1 aliphatic rings. The fraction of sp³-hybridized carbons (Fsp3) is 0.889. The molecule has 0 aromatic carbocycles. The van der Waals surface area contributed by atoms with Crippen LogP contribution in [0.2, 0.25) is 0 Å². The molecule has 0 spiro atoms. The summed E-state index contributed by atoms with van der Waals surface area (Å²) >= 11 is 0. The van der Waals surface area contributed by atoms with Crippen molar-refractivity contribution in [3.8, 4) is 0 Å². The Hall–Kier alpha value is -0.570. The lowest BCUT2D eigenvalue weighted by atomic mass is 10.0. The normalized spacial score (nSPS) is 16.9. The molecule has 0 bridgehead atoms. The number of nitrogens with zero attached hydrogens (tertiary/aromatic N) is 2. The highest BCUT2D eigenvalue weighted by Gasteiger charge is 2.20. The third-order valence-corrected chi connectivity index (χ3v) is 3.89. The van der Waals surface area contributed by atoms with Crippen LogP contribution in [0.15, 0.2) is 4.99 Å². The maximum Gasteiger partial charge on any atom is 0.328 e. The zero-order valence-corrected chi connectivity index (χ0v) is 18.9. The van der Waals surface area contributed by atoms with Crippen molar-refractivity contribution in [1.82, 2.24) is 15.5 Å². The number of nitrogens with one attached hydrogen (secondary N) is 2. The van der Waals surface area contributed by atoms with Gasteiger partial charge in [0.25, 0.3) is 0 Å². The summed E-state index contributed by atoms with van der Waals surface area (Å²) in [5, 5.41) is 6.67. The maximum absolute atomic E-state index is 11.8. The summed E-state index contributed by atoms with van der Waals surface area (Å²) in [7, 11) is 0. The molecular formula is C18H37IN4O2. The number of guanidine groups is 1. The number of ether oxygens (including phenoxy) is 1. The van der Waals surface area contributed by atoms with Gasteiger partial charge in [-0.15, -0.1) is 24.0 Å². The maximum atomic E-state index is 11.8. The minimum Gasteiger partial charge on any atom is -0.459 e. The number of aliphatic imine (C=N–C) groups is 1. The van der Waals surface area contributed by atoms with E-state index in [1.54, 1.807) is 0 Å². The standard InChI is InChI=1S/C18H36N4O2.HI/c1-6-8-11-22-12-9-15(10-13-22)21-17(19-7-2)20-14-16(23)24-18(3,4)5;/h15H,6-14H2,1-5H3,(H2,19,20,21);1H. The third-order valence-electron chi connectivity index (χ3n) is 3.89. The van der Waals surface area contributed by atoms with Crippen molar-refractivity contribution in [3.05, 3.63) is 0 Å². The van der Waals surface area contributed by atoms with Gasteiger partial charge in [0.05, 0.1) is 0 Å². The summed E-state index contributed by atoms with van der Waals surface area (Å²) in [5.74, 6) is 0.407. The second-order valence-corrected chi connectivity index (χ2v) is 7.40. The van der Waals surface area contributed by atoms with Crippen molar-refractivity contribution >= 4 is 35.9 Å². The average molecular weight is 468 g/mol. The van der Waals surface area contributed by atoms with Gasteiger partial charge in [0.1, 0.15) is 12.1 Å². The van der Waals surface area contributed by atoms with Gasteiger partial charge in [-0.05, 0) is 53.5 Å². The first-order valence-corrected chi connectivity index (χ1v) is 9.33. The van der Waals surface area contributed by atoms with Crippen LogP contribution in [0.3, 0.4) is 0 Å². The van der Waals surface area contributed by atoms with Gasteiger partial charge >= 0.3 is 5.97 Å². The summed E-state index contributed by atoms with van der Waals surface area (Å²) in [6.45, 7) is 14.1. The Labute approximate surface area is 170 Å². The van der Waals surface area contributed by atoms with E-state index in [9.17, 15) is 4.79 Å². The minimum absolute atomic E-state index is 0. The molecule has 0 amide bonds. The van der Waals surface area contributed by atoms with E-state index in [0.717, 1.165) is 32.5 Å². The van der Waals surface area contributed by atoms with Crippen molar-refractivity contribution in [3.63, 3.8) is 0 Å². The van der Waals surface area contributed by atoms with Crippen molar-refractivity contribution in [1.29, 1.82) is 0 Å². The van der Waals surface area contributed by atoms with Gasteiger partial charge in [-0.25, -0.2) is 4.99 Å². The van der Waals surface area contributed by atoms with Crippen molar-refractivity contribution < 1.29 is 9.53 Å². The minimum atomic E-state index is -0.469. The van der Waals surface area contributed by atoms with Gasteiger partial charge in [-0.1, -0.05) is 13.3 Å². The highest BCUT2D eigenvalue weighted by Crippen LogP contribution is 2.11. The number of rotatable bonds is 7. The number of hydrogen-bond acceptors (Lipinski definition) is 4. The Balaban J connectivity index is 0.00000576. The van der Waals surface area contributed by atoms with Crippen LogP contribution in [0.4, 0.5) is 0 Å². The quantitative estimate of drug-likeness (QED) is 0.260. The van der Waals surface area contributed by atoms with Crippen LogP contribution in [0.1, 0.15) is 60.3 Å². The monoisotopic (exact) mass is 468 g/mol. The average Bonchev–Trinajstić information content (AvgIpc) is 2.50. The summed E-state index contributed by atoms with van der Waals surface area (Å²) in [4.78, 5) is 18.7. The van der Waals surface area contributed by atoms with Crippen LogP contribution in [0, 0.1) is 0 Å². The second-order valence-electron chi connectivity index (χ2n) is 7.40. The molecule has 0 radical (unpaired) electrons. The number of hydrogen-bond donors (Lipinski definition) is 2. The molecule has 1 aliphatic heterocycles. The first-order chi connectivity index (χ1) is 11.3. The number of carbonyl (C=O) groups excluding carboxylic acids is 1. The highest BCUT2D eigenvalue weighted by atomic mass is 127. The van der Waals surface area contributed by atoms with E-state index in [4.69, 9.17) is 4.74 Å². The smallest absolute Gasteiger partial charge is 0.328 e. The van der Waals surface area contributed by atoms with E-state index < -0.39 is 5.60 Å². The van der Waals surface area contributed by atoms with E-state index in [1.165, 1.54) is 19.4 Å². The summed E-state index contributed by atoms with van der Waals surface area (Å²) in [5.41, 5.74) is -0.469. The van der Waals surface area contributed by atoms with Crippen molar-refractivity contribution in [2.45, 2.75) is 71.9 Å². The lowest BCUT2D eigenvalue weighted by Crippen LogP contribution is -2.49. The molecule has 0 saturated carbocycles. The fourth-order valence-electron chi connectivity index (χ4n) is 2.71. The lowest BCUT2D eigenvalue weighted by Gasteiger charge is -2.33. The molecule has 0 aliphatic carbocycles. The third kappa shape index (κ3) is 11.6. The molecule has 0 unspecified atom stereocenters. The molecule has 7 heteroatoms. The van der Waals surface area contributed by atoms with Gasteiger partial charge in [0, 0.05) is 25.7 Å². The van der Waals surface area contributed by atoms with Crippen LogP contribution in [0.25, 0.3) is 0 Å². The first kappa shape index (κ1) is 24.4. The summed E-state index contributed by atoms with van der Waals surface area (Å²) < 4.78 is 5.30. The van der Waals surface area contributed by atoms with Crippen LogP contribution >= 0.6 is 24.0 Å². The number of esters is 1. The summed E-state index contributed by atoms with van der Waals surface area (Å²) in [6.07, 6.45) is 4.75. The number of likely N-dealkylation sites (tertiary alicyclic amines) is 1. The van der Waals surface area contributed by atoms with Gasteiger partial charge in [-0.2, -0.15) is 0 Å². The van der Waals surface area contributed by atoms with Crippen LogP contribution < -0.4 is 10.6 Å². The van der Waals surface area contributed by atoms with Gasteiger partial charge < -0.3 is 20.3 Å². The molecule has 25 heavy (non-hydrogen) atoms. The zero-order chi connectivity index (χ0) is 18.0. The van der Waals surface area contributed by atoms with E-state index in [1.807, 2.05) is 27.7 Å². The van der Waals surface area contributed by atoms with Crippen molar-refractivity contribution in [2.75, 3.05) is 32.7 Å². The summed E-state index contributed by atoms with van der Waals surface area (Å²) in [6, 6.07) is 0.416. The highest BCUT2D eigenvalue weighted by molar-refractivity contribution is 14.0. The van der Waals surface area contributed by atoms with Crippen LogP contribution in [-0.2, 0) is 9.53 Å². The van der Waals surface area contributed by atoms with Crippen LogP contribution in [0.5, 0.6) is 0 Å². The van der Waals surface area contributed by atoms with E-state index in [0.29, 0.717) is 12.0 Å². The molecule has 1 saturated heterocycles. The molecule has 0 atom stereocenters. The topological polar surface area (TPSA) is 66.0 Å². The fourth-order valence-corrected chi connectivity index (χ4v) is 2.71. The second kappa shape index (κ2) is 12.7. The van der Waals surface area contributed by atoms with Gasteiger partial charge in [0.2, 0.25) is 0 Å². The SMILES string of the molecule is CCCCN1CCC(NC(=NCC(=O)OC(C)(C)C)NCC)CC1.I. The number of carbonyl (C=O) groups is 1. The largest absolute Gasteiger partial charge is 0.459 e. The Kier molecular flexibility index (Phi) is 12.4. The molecule has 0 aromatic heterocycles. The Bertz CT molecular complexity index is 402. The van der Waals surface area contributed by atoms with E-state index >= 15 is 0 Å². The molecular weight excluding hydrogens is 431 g/mol. The molecule has 148 valence electrons. The van der Waals surface area contributed by atoms with Gasteiger partial charge in [0.15, 0.2) is 5.96 Å². The van der Waals surface area contributed by atoms with Crippen LogP contribution in [-0.4, -0.2) is 61.2 Å². The lowest BCUT2D eigenvalue weighted by molar-refractivity contribution is -0.152.